The van der Waals surface area contributed by atoms with E-state index in [1.165, 1.54) is 0 Å². The van der Waals surface area contributed by atoms with Gasteiger partial charge in [0.15, 0.2) is 0 Å². The van der Waals surface area contributed by atoms with E-state index in [9.17, 15) is 4.79 Å². The number of rotatable bonds is 5. The first-order valence-corrected chi connectivity index (χ1v) is 9.96. The summed E-state index contributed by atoms with van der Waals surface area (Å²) >= 11 is 6.32. The molecule has 0 aliphatic heterocycles. The molecule has 0 saturated heterocycles. The third kappa shape index (κ3) is 4.00. The van der Waals surface area contributed by atoms with Gasteiger partial charge in [-0.1, -0.05) is 29.8 Å². The maximum Gasteiger partial charge on any atom is 0.257 e. The van der Waals surface area contributed by atoms with E-state index in [0.29, 0.717) is 23.1 Å². The second kappa shape index (κ2) is 8.16. The summed E-state index contributed by atoms with van der Waals surface area (Å²) in [6.07, 6.45) is 5.37. The molecule has 0 bridgehead atoms. The minimum Gasteiger partial charge on any atom is -0.313 e. The number of hydrogen-bond acceptors (Lipinski definition) is 3. The Morgan fingerprint density at radius 1 is 1.13 bits per heavy atom. The van der Waals surface area contributed by atoms with Crippen molar-refractivity contribution in [3.8, 4) is 11.3 Å². The van der Waals surface area contributed by atoms with Crippen LogP contribution in [-0.4, -0.2) is 25.2 Å². The van der Waals surface area contributed by atoms with E-state index in [4.69, 9.17) is 11.6 Å². The minimum absolute atomic E-state index is 0.212. The second-order valence-electron chi connectivity index (χ2n) is 7.30. The van der Waals surface area contributed by atoms with Gasteiger partial charge < -0.3 is 4.57 Å². The largest absolute Gasteiger partial charge is 0.313 e. The van der Waals surface area contributed by atoms with Crippen molar-refractivity contribution in [3.05, 3.63) is 88.3 Å². The summed E-state index contributed by atoms with van der Waals surface area (Å²) < 4.78 is 3.68. The summed E-state index contributed by atoms with van der Waals surface area (Å²) in [5, 5.41) is 7.82. The van der Waals surface area contributed by atoms with Gasteiger partial charge in [0.1, 0.15) is 0 Å². The molecule has 7 heteroatoms. The fraction of sp³-hybridized carbons (Fsp3) is 0.174. The smallest absolute Gasteiger partial charge is 0.257 e. The predicted octanol–water partition coefficient (Wildman–Crippen LogP) is 4.85. The zero-order valence-corrected chi connectivity index (χ0v) is 17.8. The van der Waals surface area contributed by atoms with Crippen molar-refractivity contribution >= 4 is 23.5 Å². The van der Waals surface area contributed by atoms with Crippen LogP contribution in [0.15, 0.2) is 61.1 Å². The van der Waals surface area contributed by atoms with E-state index in [1.807, 2.05) is 72.7 Å². The first-order valence-electron chi connectivity index (χ1n) is 9.59. The van der Waals surface area contributed by atoms with Crippen LogP contribution >= 0.6 is 11.6 Å². The number of nitrogens with one attached hydrogen (secondary N) is 1. The van der Waals surface area contributed by atoms with Gasteiger partial charge in [-0.2, -0.15) is 5.10 Å². The molecule has 0 fully saturated rings. The molecule has 2 aromatic carbocycles. The molecule has 2 heterocycles. The topological polar surface area (TPSA) is 64.7 Å². The van der Waals surface area contributed by atoms with E-state index in [0.717, 1.165) is 27.9 Å². The number of imidazole rings is 1. The van der Waals surface area contributed by atoms with E-state index in [1.54, 1.807) is 18.5 Å². The lowest BCUT2D eigenvalue weighted by Gasteiger charge is -2.11. The SMILES string of the molecule is Cc1cc(C)c(-c2cnc(NC(=O)c3cccc(Cn4cccn4)c3)n2C)cc1Cl. The van der Waals surface area contributed by atoms with Crippen LogP contribution in [0.4, 0.5) is 5.95 Å². The Hall–Kier alpha value is -3.38. The van der Waals surface area contributed by atoms with Gasteiger partial charge in [-0.05, 0) is 54.8 Å². The lowest BCUT2D eigenvalue weighted by molar-refractivity contribution is 0.102. The fourth-order valence-electron chi connectivity index (χ4n) is 3.44. The number of aryl methyl sites for hydroxylation is 2. The van der Waals surface area contributed by atoms with Gasteiger partial charge in [0, 0.05) is 35.6 Å². The highest BCUT2D eigenvalue weighted by atomic mass is 35.5. The third-order valence-corrected chi connectivity index (χ3v) is 5.50. The zero-order valence-electron chi connectivity index (χ0n) is 17.1. The molecule has 0 saturated carbocycles. The minimum atomic E-state index is -0.212. The Morgan fingerprint density at radius 3 is 2.73 bits per heavy atom. The molecule has 1 amide bonds. The molecule has 0 atom stereocenters. The number of nitrogens with zero attached hydrogens (tertiary/aromatic N) is 4. The van der Waals surface area contributed by atoms with Gasteiger partial charge in [0.2, 0.25) is 5.95 Å². The highest BCUT2D eigenvalue weighted by molar-refractivity contribution is 6.31. The van der Waals surface area contributed by atoms with Crippen molar-refractivity contribution in [1.82, 2.24) is 19.3 Å². The van der Waals surface area contributed by atoms with E-state index in [2.05, 4.69) is 15.4 Å². The lowest BCUT2D eigenvalue weighted by atomic mass is 10.0. The van der Waals surface area contributed by atoms with E-state index >= 15 is 0 Å². The summed E-state index contributed by atoms with van der Waals surface area (Å²) in [6, 6.07) is 13.4. The molecule has 0 aliphatic rings. The number of hydrogen-bond donors (Lipinski definition) is 1. The van der Waals surface area contributed by atoms with Gasteiger partial charge in [-0.3, -0.25) is 14.8 Å². The average Bonchev–Trinajstić information content (AvgIpc) is 3.35. The number of carbonyl (C=O) groups excluding carboxylic acids is 1. The summed E-state index contributed by atoms with van der Waals surface area (Å²) in [7, 11) is 1.87. The van der Waals surface area contributed by atoms with E-state index in [-0.39, 0.29) is 5.91 Å². The number of amides is 1. The Bertz CT molecular complexity index is 1210. The average molecular weight is 420 g/mol. The summed E-state index contributed by atoms with van der Waals surface area (Å²) in [6.45, 7) is 4.62. The quantitative estimate of drug-likeness (QED) is 0.502. The molecule has 6 nitrogen and oxygen atoms in total. The molecule has 2 aromatic heterocycles. The molecule has 0 unspecified atom stereocenters. The molecule has 4 rings (SSSR count). The molecular weight excluding hydrogens is 398 g/mol. The number of aromatic nitrogens is 4. The van der Waals surface area contributed by atoms with Crippen LogP contribution in [0.25, 0.3) is 11.3 Å². The van der Waals surface area contributed by atoms with Crippen LogP contribution in [0.3, 0.4) is 0 Å². The number of anilines is 1. The van der Waals surface area contributed by atoms with Gasteiger partial charge in [-0.15, -0.1) is 0 Å². The first kappa shape index (κ1) is 19.9. The molecule has 4 aromatic rings. The molecular formula is C23H22ClN5O. The zero-order chi connectivity index (χ0) is 21.3. The number of halogens is 1. The molecule has 0 spiro atoms. The first-order chi connectivity index (χ1) is 14.4. The van der Waals surface area contributed by atoms with Crippen LogP contribution in [0, 0.1) is 13.8 Å². The molecule has 0 radical (unpaired) electrons. The third-order valence-electron chi connectivity index (χ3n) is 5.09. The van der Waals surface area contributed by atoms with E-state index < -0.39 is 0 Å². The summed E-state index contributed by atoms with van der Waals surface area (Å²) in [4.78, 5) is 17.2. The van der Waals surface area contributed by atoms with Crippen molar-refractivity contribution in [2.75, 3.05) is 5.32 Å². The second-order valence-corrected chi connectivity index (χ2v) is 7.71. The molecule has 152 valence electrons. The van der Waals surface area contributed by atoms with Crippen molar-refractivity contribution in [1.29, 1.82) is 0 Å². The summed E-state index contributed by atoms with van der Waals surface area (Å²) in [5.74, 6) is 0.264. The van der Waals surface area contributed by atoms with Crippen molar-refractivity contribution < 1.29 is 4.79 Å². The van der Waals surface area contributed by atoms with Gasteiger partial charge in [-0.25, -0.2) is 4.98 Å². The summed E-state index contributed by atoms with van der Waals surface area (Å²) in [5.41, 5.74) is 5.57. The van der Waals surface area contributed by atoms with Crippen molar-refractivity contribution in [2.45, 2.75) is 20.4 Å². The lowest BCUT2D eigenvalue weighted by Crippen LogP contribution is -2.15. The van der Waals surface area contributed by atoms with Crippen LogP contribution in [0.5, 0.6) is 0 Å². The number of carbonyl (C=O) groups is 1. The highest BCUT2D eigenvalue weighted by Crippen LogP contribution is 2.30. The van der Waals surface area contributed by atoms with Crippen LogP contribution in [0.2, 0.25) is 5.02 Å². The van der Waals surface area contributed by atoms with Crippen molar-refractivity contribution in [2.24, 2.45) is 7.05 Å². The maximum atomic E-state index is 12.8. The van der Waals surface area contributed by atoms with Gasteiger partial charge in [0.05, 0.1) is 18.4 Å². The monoisotopic (exact) mass is 419 g/mol. The Kier molecular flexibility index (Phi) is 5.42. The van der Waals surface area contributed by atoms with Gasteiger partial charge in [0.25, 0.3) is 5.91 Å². The molecule has 1 N–H and O–H groups in total. The predicted molar refractivity (Wildman–Crippen MR) is 119 cm³/mol. The molecule has 0 aliphatic carbocycles. The molecule has 30 heavy (non-hydrogen) atoms. The Labute approximate surface area is 180 Å². The maximum absolute atomic E-state index is 12.8. The normalized spacial score (nSPS) is 10.9. The van der Waals surface area contributed by atoms with Crippen LogP contribution in [0.1, 0.15) is 27.0 Å². The van der Waals surface area contributed by atoms with Crippen molar-refractivity contribution in [3.63, 3.8) is 0 Å². The van der Waals surface area contributed by atoms with Gasteiger partial charge >= 0.3 is 0 Å². The highest BCUT2D eigenvalue weighted by Gasteiger charge is 2.15. The Balaban J connectivity index is 1.56. The standard InChI is InChI=1S/C23H22ClN5O/c1-15-10-16(2)20(24)12-19(15)21-13-25-23(28(21)3)27-22(30)18-7-4-6-17(11-18)14-29-9-5-8-26-29/h4-13H,14H2,1-3H3,(H,25,27,30). The van der Waals surface area contributed by atoms with Crippen LogP contribution in [-0.2, 0) is 13.6 Å². The van der Waals surface area contributed by atoms with Crippen LogP contribution < -0.4 is 5.32 Å². The Morgan fingerprint density at radius 2 is 1.97 bits per heavy atom. The number of benzene rings is 2. The fourth-order valence-corrected chi connectivity index (χ4v) is 3.61.